The lowest BCUT2D eigenvalue weighted by Gasteiger charge is -2.37. The Morgan fingerprint density at radius 3 is 1.32 bits per heavy atom. The van der Waals surface area contributed by atoms with Gasteiger partial charge in [-0.3, -0.25) is 75.5 Å². The number of hydrogen-bond donors (Lipinski definition) is 10. The molecule has 4 aliphatic heterocycles. The van der Waals surface area contributed by atoms with Gasteiger partial charge in [-0.2, -0.15) is 0 Å². The van der Waals surface area contributed by atoms with Gasteiger partial charge in [0, 0.05) is 257 Å². The van der Waals surface area contributed by atoms with E-state index in [-0.39, 0.29) is 63.7 Å². The third kappa shape index (κ3) is 22.0. The van der Waals surface area contributed by atoms with Crippen LogP contribution in [-0.2, 0) is 17.9 Å². The number of pyridine rings is 8. The lowest BCUT2D eigenvalue weighted by molar-refractivity contribution is -0.123. The lowest BCUT2D eigenvalue weighted by Crippen LogP contribution is -2.51. The molecule has 21 rings (SSSR count). The van der Waals surface area contributed by atoms with E-state index in [1.165, 1.54) is 6.07 Å². The lowest BCUT2D eigenvalue weighted by atomic mass is 10.0. The number of carbonyl (C=O) groups is 6. The quantitative estimate of drug-likeness (QED) is 0.0284. The molecule has 6 amide bonds. The summed E-state index contributed by atoms with van der Waals surface area (Å²) >= 11 is 0. The molecule has 12 aromatic heterocycles. The van der Waals surface area contributed by atoms with Gasteiger partial charge in [0.25, 0.3) is 29.5 Å². The number of likely N-dealkylation sites (N-methyl/N-ethyl adjacent to an activating group) is 1. The van der Waals surface area contributed by atoms with Crippen LogP contribution in [0.25, 0.3) is 67.6 Å². The van der Waals surface area contributed by atoms with Crippen LogP contribution >= 0.6 is 0 Å². The Labute approximate surface area is 815 Å². The van der Waals surface area contributed by atoms with Crippen LogP contribution in [-0.4, -0.2) is 227 Å². The molecule has 0 saturated carbocycles. The summed E-state index contributed by atoms with van der Waals surface area (Å²) in [7, 11) is 4.12. The molecule has 0 radical (unpaired) electrons. The monoisotopic (exact) mass is 1900 g/mol. The normalized spacial score (nSPS) is 14.2. The van der Waals surface area contributed by atoms with Crippen molar-refractivity contribution in [2.24, 2.45) is 0 Å². The second-order valence-corrected chi connectivity index (χ2v) is 35.7. The highest BCUT2D eigenvalue weighted by Crippen LogP contribution is 2.35. The fourth-order valence-corrected chi connectivity index (χ4v) is 17.9. The summed E-state index contributed by atoms with van der Waals surface area (Å²) in [4.78, 5) is 152. The molecule has 720 valence electrons. The first-order valence-electron chi connectivity index (χ1n) is 46.9. The highest BCUT2D eigenvalue weighted by Gasteiger charge is 2.31. The molecule has 142 heavy (non-hydrogen) atoms. The minimum Gasteiger partial charge on any atom is -0.353 e. The Morgan fingerprint density at radius 2 is 0.887 bits per heavy atom. The summed E-state index contributed by atoms with van der Waals surface area (Å²) in [5, 5.41) is 22.0. The molecule has 3 fully saturated rings. The van der Waals surface area contributed by atoms with E-state index in [9.17, 15) is 43.2 Å². The first kappa shape index (κ1) is 95.0. The van der Waals surface area contributed by atoms with Crippen LogP contribution in [0.1, 0.15) is 97.0 Å². The van der Waals surface area contributed by atoms with Gasteiger partial charge >= 0.3 is 0 Å². The first-order chi connectivity index (χ1) is 68.9. The number of aromatic amines is 3. The second-order valence-electron chi connectivity index (χ2n) is 35.7. The van der Waals surface area contributed by atoms with Crippen molar-refractivity contribution < 1.29 is 33.2 Å². The van der Waals surface area contributed by atoms with Crippen LogP contribution in [0.3, 0.4) is 0 Å². The number of H-pyrrole nitrogens is 3. The zero-order valence-electron chi connectivity index (χ0n) is 79.0. The van der Waals surface area contributed by atoms with Crippen molar-refractivity contribution in [1.82, 2.24) is 103 Å². The minimum absolute atomic E-state index is 0.0133. The maximum Gasteiger partial charge on any atom is 0.256 e. The van der Waals surface area contributed by atoms with Gasteiger partial charge in [-0.25, -0.2) is 24.3 Å². The molecule has 0 spiro atoms. The molecule has 3 saturated heterocycles. The summed E-state index contributed by atoms with van der Waals surface area (Å²) in [5.41, 5.74) is 20.1. The van der Waals surface area contributed by atoms with E-state index in [4.69, 9.17) is 0 Å². The van der Waals surface area contributed by atoms with Gasteiger partial charge in [-0.1, -0.05) is 12.1 Å². The second kappa shape index (κ2) is 42.8. The number of rotatable bonds is 23. The molecule has 16 heterocycles. The Bertz CT molecular complexity index is 7690. The molecule has 17 aromatic rings. The van der Waals surface area contributed by atoms with E-state index >= 15 is 4.39 Å². The molecule has 0 aliphatic carbocycles. The third-order valence-electron chi connectivity index (χ3n) is 25.4. The van der Waals surface area contributed by atoms with E-state index in [0.29, 0.717) is 110 Å². The SMILES string of the molecule is CC(C)N1CCN(C(=O)c2ccc(Nc3ccc(-c4ccc5c(c4)CNC5=O)n4ccnc34)cc2F)CC1.CC(C)NC(=O)CN1CCN(C(=O)c2ccc(Nc3ccc(-c4cc[nH]c(=O)c4)n4ccnc34)cc2)CC1.CN(C)C1CCN(C(=O)c2ccc(Nc3ccc(-c4cc[nH]c(=O)c4)n4ccnc34)cc2)C1.O=C(NCc1cccnc1)c1ccc(Nc2ccc(-c3cc[nH]c(=O)c3)n3ccnc23)cc1. The number of carbonyl (C=O) groups excluding carboxylic acids is 6. The predicted molar refractivity (Wildman–Crippen MR) is 546 cm³/mol. The minimum atomic E-state index is -0.552. The maximum absolute atomic E-state index is 15.1. The molecule has 34 nitrogen and oxygen atoms in total. The Kier molecular flexibility index (Phi) is 28.6. The Balaban J connectivity index is 0.000000125. The maximum atomic E-state index is 15.1. The standard InChI is InChI=1S/C29H29FN6O2.C28H31N7O3.C25H26N6O2.C25H20N6O2/c1-18(2)34-11-13-35(14-12-34)29(38)23-6-4-21(16-24(23)30)33-25-7-8-26(36-10-9-31-27(25)36)19-3-5-22-20(15-19)17-32-28(22)37;1-19(2)31-26(37)18-33-13-15-34(16-14-33)28(38)20-3-5-22(6-4-20)32-23-7-8-24(35-12-11-30-27(23)35)21-9-10-29-25(36)17-21;1-29(2)20-10-13-30(16-20)25(33)17-3-5-19(6-4-17)28-21-7-8-22(31-14-12-27-24(21)31)18-9-11-26-23(32)15-18;32-23-14-19(9-11-27-23)22-8-7-21(24-28-12-13-31(22)24)30-20-5-3-18(4-6-20)25(33)29-16-17-2-1-10-26-15-17/h3-10,15-16,18,33H,11-14,17H2,1-2H3,(H,32,37);3-12,17,19,32H,13-16,18H2,1-2H3,(H,29,36)(H,31,37);3-9,11-12,14-15,20,28H,10,13,16H2,1-2H3,(H,26,32);1-15,30H,16H2,(H,27,32)(H,29,33). The zero-order valence-corrected chi connectivity index (χ0v) is 79.0. The van der Waals surface area contributed by atoms with Crippen LogP contribution in [0, 0.1) is 5.82 Å². The van der Waals surface area contributed by atoms with Gasteiger partial charge in [0.15, 0.2) is 22.6 Å². The third-order valence-corrected chi connectivity index (χ3v) is 25.4. The number of nitrogens with one attached hydrogen (secondary N) is 10. The molecule has 0 bridgehead atoms. The van der Waals surface area contributed by atoms with Gasteiger partial charge < -0.3 is 71.8 Å². The fourth-order valence-electron chi connectivity index (χ4n) is 17.9. The van der Waals surface area contributed by atoms with Crippen LogP contribution in [0.4, 0.5) is 49.9 Å². The van der Waals surface area contributed by atoms with Crippen molar-refractivity contribution in [2.75, 3.05) is 107 Å². The van der Waals surface area contributed by atoms with Crippen molar-refractivity contribution in [3.63, 3.8) is 0 Å². The average molecular weight is 1910 g/mol. The van der Waals surface area contributed by atoms with Gasteiger partial charge in [-0.05, 0) is 241 Å². The summed E-state index contributed by atoms with van der Waals surface area (Å²) < 4.78 is 22.9. The van der Waals surface area contributed by atoms with Crippen LogP contribution < -0.4 is 53.9 Å². The zero-order chi connectivity index (χ0) is 98.6. The van der Waals surface area contributed by atoms with Crippen molar-refractivity contribution >= 4 is 104 Å². The molecular formula is C107H106FN25O9. The van der Waals surface area contributed by atoms with Gasteiger partial charge in [-0.15, -0.1) is 0 Å². The van der Waals surface area contributed by atoms with Crippen molar-refractivity contribution in [3.05, 3.63) is 363 Å². The number of likely N-dealkylation sites (tertiary alicyclic amines) is 1. The van der Waals surface area contributed by atoms with Crippen molar-refractivity contribution in [2.45, 2.75) is 65.3 Å². The Morgan fingerprint density at radius 1 is 0.451 bits per heavy atom. The number of amides is 6. The summed E-state index contributed by atoms with van der Waals surface area (Å²) in [6, 6.07) is 63.1. The van der Waals surface area contributed by atoms with Gasteiger partial charge in [0.05, 0.1) is 57.6 Å². The first-order valence-corrected chi connectivity index (χ1v) is 46.9. The van der Waals surface area contributed by atoms with E-state index in [2.05, 4.69) is 120 Å². The Hall–Kier alpha value is -17.3. The van der Waals surface area contributed by atoms with Gasteiger partial charge in [0.1, 0.15) is 5.82 Å². The fraction of sp³-hybridized carbons (Fsp3) is 0.215. The van der Waals surface area contributed by atoms with E-state index < -0.39 is 5.82 Å². The predicted octanol–water partition coefficient (Wildman–Crippen LogP) is 14.0. The van der Waals surface area contributed by atoms with E-state index in [1.807, 2.05) is 224 Å². The number of anilines is 8. The highest BCUT2D eigenvalue weighted by molar-refractivity contribution is 6.00. The van der Waals surface area contributed by atoms with E-state index in [1.54, 1.807) is 103 Å². The summed E-state index contributed by atoms with van der Waals surface area (Å²) in [6.07, 6.45) is 23.6. The topological polar surface area (TPSA) is 387 Å². The van der Waals surface area contributed by atoms with Crippen LogP contribution in [0.2, 0.25) is 0 Å². The molecule has 5 aromatic carbocycles. The smallest absolute Gasteiger partial charge is 0.256 e. The number of hydrogen-bond acceptors (Lipinski definition) is 21. The molecule has 1 atom stereocenters. The molecular weight excluding hydrogens is 1800 g/mol. The molecule has 10 N–H and O–H groups in total. The van der Waals surface area contributed by atoms with Crippen LogP contribution in [0.5, 0.6) is 0 Å². The van der Waals surface area contributed by atoms with Gasteiger partial charge in [0.2, 0.25) is 22.6 Å². The largest absolute Gasteiger partial charge is 0.353 e. The van der Waals surface area contributed by atoms with Crippen molar-refractivity contribution in [1.29, 1.82) is 0 Å². The van der Waals surface area contributed by atoms with Crippen molar-refractivity contribution in [3.8, 4) is 45.0 Å². The summed E-state index contributed by atoms with van der Waals surface area (Å²) in [6.45, 7) is 16.3. The average Bonchev–Trinajstić information content (AvgIpc) is 1.61. The number of benzene rings is 5. The number of nitrogens with zero attached hydrogens (tertiary/aromatic N) is 15. The number of halogens is 1. The number of aromatic nitrogens is 12. The number of imidazole rings is 4. The molecule has 1 unspecified atom stereocenters. The highest BCUT2D eigenvalue weighted by atomic mass is 19.1. The number of piperazine rings is 2. The number of fused-ring (bicyclic) bond motifs is 5. The summed E-state index contributed by atoms with van der Waals surface area (Å²) in [5.74, 6) is -0.951. The molecule has 35 heteroatoms. The van der Waals surface area contributed by atoms with Crippen LogP contribution in [0.15, 0.2) is 301 Å². The van der Waals surface area contributed by atoms with E-state index in [0.717, 1.165) is 140 Å². The molecule has 4 aliphatic rings.